The number of piperidine rings is 1. The van der Waals surface area contributed by atoms with Crippen LogP contribution < -0.4 is 10.6 Å². The van der Waals surface area contributed by atoms with Crippen molar-refractivity contribution >= 4 is 11.4 Å². The van der Waals surface area contributed by atoms with Gasteiger partial charge in [0.2, 0.25) is 0 Å². The lowest BCUT2D eigenvalue weighted by Crippen LogP contribution is -2.43. The summed E-state index contributed by atoms with van der Waals surface area (Å²) in [7, 11) is 0. The van der Waals surface area contributed by atoms with Gasteiger partial charge in [0, 0.05) is 30.4 Å². The lowest BCUT2D eigenvalue weighted by atomic mass is 9.90. The zero-order chi connectivity index (χ0) is 12.3. The van der Waals surface area contributed by atoms with E-state index in [0.717, 1.165) is 38.0 Å². The van der Waals surface area contributed by atoms with Gasteiger partial charge in [0.25, 0.3) is 0 Å². The summed E-state index contributed by atoms with van der Waals surface area (Å²) in [6, 6.07) is 8.01. The summed E-state index contributed by atoms with van der Waals surface area (Å²) in [5.41, 5.74) is 7.71. The van der Waals surface area contributed by atoms with Gasteiger partial charge in [-0.05, 0) is 37.1 Å². The van der Waals surface area contributed by atoms with E-state index in [9.17, 15) is 5.11 Å². The average Bonchev–Trinajstić information content (AvgIpc) is 2.33. The first kappa shape index (κ1) is 12.2. The van der Waals surface area contributed by atoms with Crippen LogP contribution >= 0.6 is 0 Å². The third-order valence-corrected chi connectivity index (χ3v) is 3.61. The van der Waals surface area contributed by atoms with Crippen molar-refractivity contribution < 1.29 is 5.11 Å². The molecule has 1 aliphatic rings. The second-order valence-electron chi connectivity index (χ2n) is 4.94. The lowest BCUT2D eigenvalue weighted by Gasteiger charge is -2.37. The Hall–Kier alpha value is -1.22. The molecule has 94 valence electrons. The number of anilines is 2. The number of hydrogen-bond donors (Lipinski definition) is 2. The van der Waals surface area contributed by atoms with Crippen LogP contribution in [0.1, 0.15) is 26.2 Å². The average molecular weight is 234 g/mol. The first-order valence-corrected chi connectivity index (χ1v) is 6.49. The van der Waals surface area contributed by atoms with Gasteiger partial charge in [0.1, 0.15) is 0 Å². The van der Waals surface area contributed by atoms with E-state index in [0.29, 0.717) is 5.92 Å². The first-order chi connectivity index (χ1) is 8.20. The summed E-state index contributed by atoms with van der Waals surface area (Å²) in [6.45, 7) is 4.07. The topological polar surface area (TPSA) is 49.5 Å². The van der Waals surface area contributed by atoms with Gasteiger partial charge in [0.05, 0.1) is 6.10 Å². The highest BCUT2D eigenvalue weighted by atomic mass is 16.3. The number of nitrogens with two attached hydrogens (primary N) is 1. The maximum absolute atomic E-state index is 9.96. The van der Waals surface area contributed by atoms with Crippen LogP contribution in [0.4, 0.5) is 11.4 Å². The molecule has 1 aromatic rings. The molecule has 0 aliphatic carbocycles. The summed E-state index contributed by atoms with van der Waals surface area (Å²) < 4.78 is 0. The molecule has 3 heteroatoms. The molecule has 0 unspecified atom stereocenters. The molecule has 0 aromatic heterocycles. The number of rotatable bonds is 3. The SMILES string of the molecule is CCC[C@@H]1CN(c2ccc(N)cc2)CC[C@@H]1O. The molecule has 1 fully saturated rings. The van der Waals surface area contributed by atoms with E-state index in [2.05, 4.69) is 24.0 Å². The van der Waals surface area contributed by atoms with Gasteiger partial charge >= 0.3 is 0 Å². The molecule has 3 N–H and O–H groups in total. The van der Waals surface area contributed by atoms with Crippen molar-refractivity contribution in [2.45, 2.75) is 32.3 Å². The molecule has 1 heterocycles. The summed E-state index contributed by atoms with van der Waals surface area (Å²) in [5, 5.41) is 9.96. The van der Waals surface area contributed by atoms with Gasteiger partial charge in [-0.15, -0.1) is 0 Å². The van der Waals surface area contributed by atoms with E-state index in [-0.39, 0.29) is 6.10 Å². The second kappa shape index (κ2) is 5.41. The Balaban J connectivity index is 2.04. The monoisotopic (exact) mass is 234 g/mol. The third-order valence-electron chi connectivity index (χ3n) is 3.61. The van der Waals surface area contributed by atoms with Crippen molar-refractivity contribution in [2.24, 2.45) is 5.92 Å². The smallest absolute Gasteiger partial charge is 0.0602 e. The quantitative estimate of drug-likeness (QED) is 0.789. The molecule has 1 aromatic carbocycles. The first-order valence-electron chi connectivity index (χ1n) is 6.49. The highest BCUT2D eigenvalue weighted by molar-refractivity contribution is 5.53. The largest absolute Gasteiger partial charge is 0.399 e. The van der Waals surface area contributed by atoms with Gasteiger partial charge in [-0.2, -0.15) is 0 Å². The zero-order valence-corrected chi connectivity index (χ0v) is 10.5. The summed E-state index contributed by atoms with van der Waals surface area (Å²) in [6.07, 6.45) is 2.99. The van der Waals surface area contributed by atoms with Crippen molar-refractivity contribution in [1.82, 2.24) is 0 Å². The maximum atomic E-state index is 9.96. The van der Waals surface area contributed by atoms with Crippen LogP contribution in [0.25, 0.3) is 0 Å². The van der Waals surface area contributed by atoms with Crippen LogP contribution in [0.3, 0.4) is 0 Å². The van der Waals surface area contributed by atoms with Crippen LogP contribution in [0.2, 0.25) is 0 Å². The van der Waals surface area contributed by atoms with E-state index < -0.39 is 0 Å². The van der Waals surface area contributed by atoms with Crippen LogP contribution in [-0.4, -0.2) is 24.3 Å². The van der Waals surface area contributed by atoms with Gasteiger partial charge in [-0.3, -0.25) is 0 Å². The molecular formula is C14H22N2O. The molecule has 1 aliphatic heterocycles. The van der Waals surface area contributed by atoms with Gasteiger partial charge in [-0.25, -0.2) is 0 Å². The predicted molar refractivity (Wildman–Crippen MR) is 72.1 cm³/mol. The molecule has 2 atom stereocenters. The Morgan fingerprint density at radius 2 is 2.06 bits per heavy atom. The van der Waals surface area contributed by atoms with Gasteiger partial charge in [0.15, 0.2) is 0 Å². The van der Waals surface area contributed by atoms with E-state index in [1.54, 1.807) is 0 Å². The Morgan fingerprint density at radius 3 is 2.71 bits per heavy atom. The highest BCUT2D eigenvalue weighted by Gasteiger charge is 2.26. The molecule has 2 rings (SSSR count). The Kier molecular flexibility index (Phi) is 3.89. The van der Waals surface area contributed by atoms with E-state index in [1.807, 2.05) is 12.1 Å². The minimum absolute atomic E-state index is 0.125. The fourth-order valence-electron chi connectivity index (χ4n) is 2.59. The normalized spacial score (nSPS) is 24.9. The minimum Gasteiger partial charge on any atom is -0.399 e. The number of benzene rings is 1. The van der Waals surface area contributed by atoms with Crippen LogP contribution in [-0.2, 0) is 0 Å². The number of hydrogen-bond acceptors (Lipinski definition) is 3. The molecule has 0 bridgehead atoms. The molecule has 0 spiro atoms. The number of aliphatic hydroxyl groups excluding tert-OH is 1. The highest BCUT2D eigenvalue weighted by Crippen LogP contribution is 2.26. The minimum atomic E-state index is -0.125. The van der Waals surface area contributed by atoms with Crippen molar-refractivity contribution in [3.05, 3.63) is 24.3 Å². The van der Waals surface area contributed by atoms with Crippen molar-refractivity contribution in [3.63, 3.8) is 0 Å². The zero-order valence-electron chi connectivity index (χ0n) is 10.5. The van der Waals surface area contributed by atoms with Crippen LogP contribution in [0, 0.1) is 5.92 Å². The van der Waals surface area contributed by atoms with Crippen LogP contribution in [0.5, 0.6) is 0 Å². The molecular weight excluding hydrogens is 212 g/mol. The van der Waals surface area contributed by atoms with Crippen molar-refractivity contribution in [2.75, 3.05) is 23.7 Å². The van der Waals surface area contributed by atoms with E-state index in [1.165, 1.54) is 5.69 Å². The van der Waals surface area contributed by atoms with Gasteiger partial charge < -0.3 is 15.7 Å². The summed E-state index contributed by atoms with van der Waals surface area (Å²) in [5.74, 6) is 0.409. The molecule has 1 saturated heterocycles. The van der Waals surface area contributed by atoms with Crippen molar-refractivity contribution in [3.8, 4) is 0 Å². The molecule has 0 amide bonds. The summed E-state index contributed by atoms with van der Waals surface area (Å²) >= 11 is 0. The third kappa shape index (κ3) is 2.91. The van der Waals surface area contributed by atoms with E-state index in [4.69, 9.17) is 5.73 Å². The molecule has 0 saturated carbocycles. The number of nitrogen functional groups attached to an aromatic ring is 1. The number of aliphatic hydroxyl groups is 1. The Morgan fingerprint density at radius 1 is 1.35 bits per heavy atom. The van der Waals surface area contributed by atoms with Gasteiger partial charge in [-0.1, -0.05) is 13.3 Å². The molecule has 17 heavy (non-hydrogen) atoms. The molecule has 3 nitrogen and oxygen atoms in total. The fourth-order valence-corrected chi connectivity index (χ4v) is 2.59. The standard InChI is InChI=1S/C14H22N2O/c1-2-3-11-10-16(9-8-14(11)17)13-6-4-12(15)5-7-13/h4-7,11,14,17H,2-3,8-10,15H2,1H3/t11-,14+/m1/s1. The Labute approximate surface area is 103 Å². The summed E-state index contributed by atoms with van der Waals surface area (Å²) in [4.78, 5) is 2.35. The maximum Gasteiger partial charge on any atom is 0.0602 e. The lowest BCUT2D eigenvalue weighted by molar-refractivity contribution is 0.0830. The Bertz CT molecular complexity index is 350. The van der Waals surface area contributed by atoms with E-state index >= 15 is 0 Å². The fraction of sp³-hybridized carbons (Fsp3) is 0.571. The van der Waals surface area contributed by atoms with Crippen LogP contribution in [0.15, 0.2) is 24.3 Å². The second-order valence-corrected chi connectivity index (χ2v) is 4.94. The molecule has 0 radical (unpaired) electrons. The number of nitrogens with zero attached hydrogens (tertiary/aromatic N) is 1. The predicted octanol–water partition coefficient (Wildman–Crippen LogP) is 2.26. The van der Waals surface area contributed by atoms with Crippen molar-refractivity contribution in [1.29, 1.82) is 0 Å².